The Bertz CT molecular complexity index is 1290. The van der Waals surface area contributed by atoms with Crippen molar-refractivity contribution in [1.29, 1.82) is 0 Å². The van der Waals surface area contributed by atoms with Crippen LogP contribution in [-0.2, 0) is 13.2 Å². The molecule has 0 aliphatic heterocycles. The van der Waals surface area contributed by atoms with Crippen molar-refractivity contribution in [2.24, 2.45) is 5.10 Å². The Hall–Kier alpha value is -3.22. The zero-order valence-electron chi connectivity index (χ0n) is 18.4. The van der Waals surface area contributed by atoms with E-state index < -0.39 is 0 Å². The molecule has 0 aliphatic rings. The number of hydrogen-bond donors (Lipinski definition) is 1. The Morgan fingerprint density at radius 2 is 1.85 bits per heavy atom. The van der Waals surface area contributed by atoms with E-state index in [1.165, 1.54) is 0 Å². The molecule has 33 heavy (non-hydrogen) atoms. The van der Waals surface area contributed by atoms with Crippen LogP contribution in [0.1, 0.15) is 25.0 Å². The number of imidazole rings is 1. The first-order valence-electron chi connectivity index (χ1n) is 10.7. The van der Waals surface area contributed by atoms with E-state index in [2.05, 4.69) is 27.0 Å². The van der Waals surface area contributed by atoms with Gasteiger partial charge in [-0.2, -0.15) is 5.10 Å². The fraction of sp³-hybridized carbons (Fsp3) is 0.200. The second-order valence-corrected chi connectivity index (χ2v) is 8.05. The molecular weight excluding hydrogens is 459 g/mol. The number of hydrogen-bond acceptors (Lipinski definition) is 5. The standard InChI is InChI=1S/C25H24Cl2N4O2/c1-3-31-22-8-6-5-7-21(22)29-25(31)30-28-15-17-9-12-23(24(13-17)32-4-2)33-16-18-10-11-19(26)14-20(18)27/h5-15H,3-4,16H2,1-2H3,(H,29,30)/b28-15-. The highest BCUT2D eigenvalue weighted by atomic mass is 35.5. The lowest BCUT2D eigenvalue weighted by atomic mass is 10.2. The quantitative estimate of drug-likeness (QED) is 0.210. The number of rotatable bonds is 9. The number of anilines is 1. The third kappa shape index (κ3) is 5.41. The van der Waals surface area contributed by atoms with Crippen LogP contribution in [0.15, 0.2) is 65.8 Å². The molecule has 0 radical (unpaired) electrons. The molecule has 0 bridgehead atoms. The number of hydrazone groups is 1. The number of aromatic nitrogens is 2. The molecule has 0 amide bonds. The van der Waals surface area contributed by atoms with Gasteiger partial charge in [0, 0.05) is 22.2 Å². The molecule has 0 fully saturated rings. The van der Waals surface area contributed by atoms with Crippen LogP contribution in [0.5, 0.6) is 11.5 Å². The van der Waals surface area contributed by atoms with Gasteiger partial charge in [0.2, 0.25) is 5.95 Å². The minimum Gasteiger partial charge on any atom is -0.490 e. The number of halogens is 2. The van der Waals surface area contributed by atoms with E-state index in [0.29, 0.717) is 40.7 Å². The zero-order chi connectivity index (χ0) is 23.2. The maximum atomic E-state index is 6.25. The molecule has 8 heteroatoms. The van der Waals surface area contributed by atoms with Crippen LogP contribution in [0, 0.1) is 0 Å². The second kappa shape index (κ2) is 10.6. The average molecular weight is 483 g/mol. The van der Waals surface area contributed by atoms with Crippen LogP contribution in [0.25, 0.3) is 11.0 Å². The number of para-hydroxylation sites is 2. The highest BCUT2D eigenvalue weighted by Crippen LogP contribution is 2.30. The molecule has 0 saturated carbocycles. The van der Waals surface area contributed by atoms with Gasteiger partial charge in [0.15, 0.2) is 11.5 Å². The third-order valence-electron chi connectivity index (χ3n) is 5.01. The lowest BCUT2D eigenvalue weighted by molar-refractivity contribution is 0.269. The molecule has 0 atom stereocenters. The summed E-state index contributed by atoms with van der Waals surface area (Å²) in [4.78, 5) is 4.62. The smallest absolute Gasteiger partial charge is 0.224 e. The number of nitrogens with one attached hydrogen (secondary N) is 1. The van der Waals surface area contributed by atoms with Gasteiger partial charge in [-0.1, -0.05) is 41.4 Å². The number of aryl methyl sites for hydroxylation is 1. The first-order valence-corrected chi connectivity index (χ1v) is 11.4. The summed E-state index contributed by atoms with van der Waals surface area (Å²) in [5.74, 6) is 1.95. The monoisotopic (exact) mass is 482 g/mol. The van der Waals surface area contributed by atoms with Crippen LogP contribution < -0.4 is 14.9 Å². The molecule has 4 aromatic rings. The van der Waals surface area contributed by atoms with Crippen LogP contribution in [0.3, 0.4) is 0 Å². The number of fused-ring (bicyclic) bond motifs is 1. The zero-order valence-corrected chi connectivity index (χ0v) is 19.9. The van der Waals surface area contributed by atoms with E-state index in [1.54, 1.807) is 18.3 Å². The van der Waals surface area contributed by atoms with Crippen LogP contribution in [0.2, 0.25) is 10.0 Å². The lowest BCUT2D eigenvalue weighted by Crippen LogP contribution is -2.02. The second-order valence-electron chi connectivity index (χ2n) is 7.20. The van der Waals surface area contributed by atoms with E-state index in [-0.39, 0.29) is 0 Å². The Morgan fingerprint density at radius 3 is 2.64 bits per heavy atom. The molecule has 0 aliphatic carbocycles. The van der Waals surface area contributed by atoms with E-state index in [4.69, 9.17) is 32.7 Å². The van der Waals surface area contributed by atoms with Crippen molar-refractivity contribution in [2.75, 3.05) is 12.0 Å². The van der Waals surface area contributed by atoms with Gasteiger partial charge in [-0.15, -0.1) is 0 Å². The highest BCUT2D eigenvalue weighted by Gasteiger charge is 2.10. The van der Waals surface area contributed by atoms with Crippen molar-refractivity contribution in [3.05, 3.63) is 81.8 Å². The topological polar surface area (TPSA) is 60.7 Å². The Morgan fingerprint density at radius 1 is 1.00 bits per heavy atom. The molecule has 1 N–H and O–H groups in total. The van der Waals surface area contributed by atoms with Gasteiger partial charge in [0.05, 0.1) is 23.9 Å². The van der Waals surface area contributed by atoms with E-state index in [0.717, 1.165) is 28.7 Å². The van der Waals surface area contributed by atoms with E-state index in [9.17, 15) is 0 Å². The molecule has 0 saturated heterocycles. The molecule has 170 valence electrons. The van der Waals surface area contributed by atoms with Crippen LogP contribution >= 0.6 is 23.2 Å². The van der Waals surface area contributed by atoms with Crippen LogP contribution in [-0.4, -0.2) is 22.4 Å². The van der Waals surface area contributed by atoms with Gasteiger partial charge < -0.3 is 14.0 Å². The van der Waals surface area contributed by atoms with Crippen molar-refractivity contribution in [3.8, 4) is 11.5 Å². The minimum absolute atomic E-state index is 0.304. The van der Waals surface area contributed by atoms with Gasteiger partial charge in [0.25, 0.3) is 0 Å². The summed E-state index contributed by atoms with van der Waals surface area (Å²) >= 11 is 12.2. The van der Waals surface area contributed by atoms with Crippen molar-refractivity contribution in [2.45, 2.75) is 27.0 Å². The summed E-state index contributed by atoms with van der Waals surface area (Å²) in [5, 5.41) is 5.53. The summed E-state index contributed by atoms with van der Waals surface area (Å²) in [6.07, 6.45) is 1.72. The van der Waals surface area contributed by atoms with E-state index >= 15 is 0 Å². The molecule has 4 rings (SSSR count). The maximum Gasteiger partial charge on any atom is 0.224 e. The molecule has 1 heterocycles. The molecule has 0 spiro atoms. The number of benzene rings is 3. The number of nitrogens with zero attached hydrogens (tertiary/aromatic N) is 3. The normalized spacial score (nSPS) is 11.3. The molecule has 0 unspecified atom stereocenters. The first kappa shape index (κ1) is 23.0. The number of ether oxygens (including phenoxy) is 2. The van der Waals surface area contributed by atoms with Crippen molar-refractivity contribution < 1.29 is 9.47 Å². The Balaban J connectivity index is 1.48. The predicted molar refractivity (Wildman–Crippen MR) is 135 cm³/mol. The highest BCUT2D eigenvalue weighted by molar-refractivity contribution is 6.35. The van der Waals surface area contributed by atoms with Crippen molar-refractivity contribution in [3.63, 3.8) is 0 Å². The summed E-state index contributed by atoms with van der Waals surface area (Å²) in [6, 6.07) is 19.0. The largest absolute Gasteiger partial charge is 0.490 e. The Labute approximate surface area is 202 Å². The molecule has 6 nitrogen and oxygen atoms in total. The summed E-state index contributed by atoms with van der Waals surface area (Å²) < 4.78 is 13.8. The van der Waals surface area contributed by atoms with Gasteiger partial charge in [-0.25, -0.2) is 10.4 Å². The van der Waals surface area contributed by atoms with Gasteiger partial charge in [-0.3, -0.25) is 0 Å². The lowest BCUT2D eigenvalue weighted by Gasteiger charge is -2.13. The van der Waals surface area contributed by atoms with E-state index in [1.807, 2.05) is 55.5 Å². The first-order chi connectivity index (χ1) is 16.1. The molecular formula is C25H24Cl2N4O2. The SMILES string of the molecule is CCOc1cc(/C=N\Nc2nc3ccccc3n2CC)ccc1OCc1ccc(Cl)cc1Cl. The Kier molecular flexibility index (Phi) is 7.37. The summed E-state index contributed by atoms with van der Waals surface area (Å²) in [7, 11) is 0. The van der Waals surface area contributed by atoms with Crippen LogP contribution in [0.4, 0.5) is 5.95 Å². The molecule has 1 aromatic heterocycles. The summed E-state index contributed by atoms with van der Waals surface area (Å²) in [5.41, 5.74) is 6.75. The maximum absolute atomic E-state index is 6.25. The summed E-state index contributed by atoms with van der Waals surface area (Å²) in [6.45, 7) is 5.61. The third-order valence-corrected chi connectivity index (χ3v) is 5.60. The predicted octanol–water partition coefficient (Wildman–Crippen LogP) is 6.79. The average Bonchev–Trinajstić information content (AvgIpc) is 3.17. The fourth-order valence-corrected chi connectivity index (χ4v) is 3.90. The van der Waals surface area contributed by atoms with Gasteiger partial charge in [-0.05, 0) is 61.9 Å². The van der Waals surface area contributed by atoms with Gasteiger partial charge >= 0.3 is 0 Å². The minimum atomic E-state index is 0.304. The molecule has 3 aromatic carbocycles. The van der Waals surface area contributed by atoms with Gasteiger partial charge in [0.1, 0.15) is 6.61 Å². The van der Waals surface area contributed by atoms with Crippen molar-refractivity contribution >= 4 is 46.4 Å². The van der Waals surface area contributed by atoms with Crippen molar-refractivity contribution in [1.82, 2.24) is 9.55 Å². The fourth-order valence-electron chi connectivity index (χ4n) is 3.43.